The number of amides is 2. The van der Waals surface area contributed by atoms with Gasteiger partial charge in [0.15, 0.2) is 11.5 Å². The number of methoxy groups -OCH3 is 2. The second-order valence-corrected chi connectivity index (χ2v) is 6.11. The molecule has 0 aliphatic rings. The van der Waals surface area contributed by atoms with Crippen molar-refractivity contribution in [2.75, 3.05) is 20.8 Å². The summed E-state index contributed by atoms with van der Waals surface area (Å²) in [5.41, 5.74) is 3.66. The van der Waals surface area contributed by atoms with Crippen LogP contribution in [0.25, 0.3) is 10.8 Å². The Morgan fingerprint density at radius 1 is 0.966 bits per heavy atom. The van der Waals surface area contributed by atoms with Crippen LogP contribution in [0.2, 0.25) is 0 Å². The molecule has 0 aliphatic heterocycles. The van der Waals surface area contributed by atoms with E-state index >= 15 is 0 Å². The minimum absolute atomic E-state index is 0.208. The molecule has 0 saturated carbocycles. The Hall–Kier alpha value is -3.87. The van der Waals surface area contributed by atoms with Crippen molar-refractivity contribution in [2.45, 2.75) is 0 Å². The van der Waals surface area contributed by atoms with E-state index in [1.165, 1.54) is 14.2 Å². The van der Waals surface area contributed by atoms with Crippen molar-refractivity contribution in [3.8, 4) is 11.5 Å². The molecule has 0 atom stereocenters. The molecule has 3 rings (SSSR count). The molecule has 0 aliphatic carbocycles. The average Bonchev–Trinajstić information content (AvgIpc) is 2.77. The molecule has 3 aromatic carbocycles. The van der Waals surface area contributed by atoms with Gasteiger partial charge in [-0.15, -0.1) is 0 Å². The van der Waals surface area contributed by atoms with E-state index in [-0.39, 0.29) is 6.54 Å². The van der Waals surface area contributed by atoms with Gasteiger partial charge in [-0.05, 0) is 29.0 Å². The molecule has 7 nitrogen and oxygen atoms in total. The third-order valence-electron chi connectivity index (χ3n) is 4.27. The number of nitrogens with one attached hydrogen (secondary N) is 2. The van der Waals surface area contributed by atoms with E-state index < -0.39 is 11.8 Å². The summed E-state index contributed by atoms with van der Waals surface area (Å²) in [5.74, 6) is 0.114. The number of carbonyl (C=O) groups is 2. The summed E-state index contributed by atoms with van der Waals surface area (Å²) in [6.07, 6.45) is 1.58. The van der Waals surface area contributed by atoms with Crippen molar-refractivity contribution in [2.24, 2.45) is 5.10 Å². The van der Waals surface area contributed by atoms with Gasteiger partial charge < -0.3 is 14.8 Å². The summed E-state index contributed by atoms with van der Waals surface area (Å²) in [7, 11) is 3.00. The summed E-state index contributed by atoms with van der Waals surface area (Å²) >= 11 is 0. The van der Waals surface area contributed by atoms with Gasteiger partial charge in [-0.3, -0.25) is 9.59 Å². The van der Waals surface area contributed by atoms with E-state index in [4.69, 9.17) is 9.47 Å². The molecule has 0 fully saturated rings. The van der Waals surface area contributed by atoms with Crippen molar-refractivity contribution < 1.29 is 19.1 Å². The lowest BCUT2D eigenvalue weighted by molar-refractivity contribution is -0.120. The summed E-state index contributed by atoms with van der Waals surface area (Å²) in [5, 5.41) is 8.65. The smallest absolute Gasteiger partial charge is 0.259 e. The second kappa shape index (κ2) is 9.36. The van der Waals surface area contributed by atoms with E-state index in [9.17, 15) is 9.59 Å². The molecule has 148 valence electrons. The molecule has 2 amide bonds. The van der Waals surface area contributed by atoms with Crippen LogP contribution in [0.1, 0.15) is 15.9 Å². The molecule has 0 heterocycles. The van der Waals surface area contributed by atoms with Crippen molar-refractivity contribution >= 4 is 28.8 Å². The molecule has 0 spiro atoms. The van der Waals surface area contributed by atoms with Crippen LogP contribution in [-0.4, -0.2) is 38.8 Å². The fraction of sp³-hybridized carbons (Fsp3) is 0.136. The Labute approximate surface area is 168 Å². The van der Waals surface area contributed by atoms with Crippen LogP contribution in [0, 0.1) is 0 Å². The van der Waals surface area contributed by atoms with Crippen molar-refractivity contribution in [3.05, 3.63) is 71.8 Å². The zero-order valence-electron chi connectivity index (χ0n) is 16.1. The zero-order valence-corrected chi connectivity index (χ0v) is 16.1. The predicted molar refractivity (Wildman–Crippen MR) is 112 cm³/mol. The highest BCUT2D eigenvalue weighted by molar-refractivity contribution is 6.00. The van der Waals surface area contributed by atoms with E-state index in [0.717, 1.165) is 16.3 Å². The lowest BCUT2D eigenvalue weighted by Crippen LogP contribution is -2.34. The normalized spacial score (nSPS) is 10.7. The van der Waals surface area contributed by atoms with Crippen LogP contribution in [-0.2, 0) is 4.79 Å². The number of hydrazone groups is 1. The lowest BCUT2D eigenvalue weighted by atomic mass is 10.1. The summed E-state index contributed by atoms with van der Waals surface area (Å²) in [4.78, 5) is 24.2. The van der Waals surface area contributed by atoms with Gasteiger partial charge in [-0.25, -0.2) is 5.43 Å². The number of hydrogen-bond acceptors (Lipinski definition) is 5. The maximum atomic E-state index is 12.2. The largest absolute Gasteiger partial charge is 0.493 e. The molecule has 29 heavy (non-hydrogen) atoms. The fourth-order valence-corrected chi connectivity index (χ4v) is 2.82. The monoisotopic (exact) mass is 391 g/mol. The minimum Gasteiger partial charge on any atom is -0.493 e. The first-order chi connectivity index (χ1) is 14.1. The maximum absolute atomic E-state index is 12.2. The highest BCUT2D eigenvalue weighted by atomic mass is 16.5. The SMILES string of the molecule is COc1ccc(C(=O)NCC(=O)N/N=C\c2cccc3ccccc23)cc1OC. The predicted octanol–water partition coefficient (Wildman–Crippen LogP) is 2.74. The number of nitrogens with zero attached hydrogens (tertiary/aromatic N) is 1. The molecule has 2 N–H and O–H groups in total. The number of rotatable bonds is 7. The zero-order chi connectivity index (χ0) is 20.6. The topological polar surface area (TPSA) is 89.0 Å². The first-order valence-corrected chi connectivity index (χ1v) is 8.92. The van der Waals surface area contributed by atoms with Crippen LogP contribution in [0.3, 0.4) is 0 Å². The molecule has 0 unspecified atom stereocenters. The lowest BCUT2D eigenvalue weighted by Gasteiger charge is -2.09. The Morgan fingerprint density at radius 2 is 1.72 bits per heavy atom. The van der Waals surface area contributed by atoms with Gasteiger partial charge in [-0.1, -0.05) is 42.5 Å². The van der Waals surface area contributed by atoms with Gasteiger partial charge in [0.05, 0.1) is 27.0 Å². The summed E-state index contributed by atoms with van der Waals surface area (Å²) in [6, 6.07) is 18.5. The number of ether oxygens (including phenoxy) is 2. The Bertz CT molecular complexity index is 1060. The molecular weight excluding hydrogens is 370 g/mol. The van der Waals surface area contributed by atoms with Gasteiger partial charge >= 0.3 is 0 Å². The number of carbonyl (C=O) groups excluding carboxylic acids is 2. The molecular formula is C22H21N3O4. The third-order valence-corrected chi connectivity index (χ3v) is 4.27. The van der Waals surface area contributed by atoms with Crippen LogP contribution in [0.15, 0.2) is 65.8 Å². The van der Waals surface area contributed by atoms with Crippen LogP contribution in [0.5, 0.6) is 11.5 Å². The highest BCUT2D eigenvalue weighted by Crippen LogP contribution is 2.27. The second-order valence-electron chi connectivity index (χ2n) is 6.11. The molecule has 0 bridgehead atoms. The van der Waals surface area contributed by atoms with Crippen molar-refractivity contribution in [3.63, 3.8) is 0 Å². The van der Waals surface area contributed by atoms with Gasteiger partial charge in [-0.2, -0.15) is 5.10 Å². The average molecular weight is 391 g/mol. The third kappa shape index (κ3) is 4.90. The van der Waals surface area contributed by atoms with Crippen LogP contribution < -0.4 is 20.2 Å². The van der Waals surface area contributed by atoms with E-state index in [1.54, 1.807) is 24.4 Å². The summed E-state index contributed by atoms with van der Waals surface area (Å²) in [6.45, 7) is -0.208. The Morgan fingerprint density at radius 3 is 2.52 bits per heavy atom. The highest BCUT2D eigenvalue weighted by Gasteiger charge is 2.11. The van der Waals surface area contributed by atoms with Crippen molar-refractivity contribution in [1.29, 1.82) is 0 Å². The van der Waals surface area contributed by atoms with Gasteiger partial charge in [0.1, 0.15) is 0 Å². The van der Waals surface area contributed by atoms with E-state index in [2.05, 4.69) is 15.8 Å². The molecule has 0 aromatic heterocycles. The fourth-order valence-electron chi connectivity index (χ4n) is 2.82. The van der Waals surface area contributed by atoms with Crippen LogP contribution >= 0.6 is 0 Å². The van der Waals surface area contributed by atoms with Gasteiger partial charge in [0.25, 0.3) is 11.8 Å². The van der Waals surface area contributed by atoms with Crippen molar-refractivity contribution in [1.82, 2.24) is 10.7 Å². The van der Waals surface area contributed by atoms with Gasteiger partial charge in [0, 0.05) is 11.1 Å². The van der Waals surface area contributed by atoms with Gasteiger partial charge in [0.2, 0.25) is 0 Å². The quantitative estimate of drug-likeness (QED) is 0.479. The van der Waals surface area contributed by atoms with E-state index in [1.807, 2.05) is 42.5 Å². The number of fused-ring (bicyclic) bond motifs is 1. The molecule has 7 heteroatoms. The number of hydrogen-bond donors (Lipinski definition) is 2. The Kier molecular flexibility index (Phi) is 6.42. The molecule has 0 saturated heterocycles. The first kappa shape index (κ1) is 19.9. The molecule has 0 radical (unpaired) electrons. The minimum atomic E-state index is -0.435. The first-order valence-electron chi connectivity index (χ1n) is 8.92. The van der Waals surface area contributed by atoms with E-state index in [0.29, 0.717) is 17.1 Å². The molecule has 3 aromatic rings. The van der Waals surface area contributed by atoms with Crippen LogP contribution in [0.4, 0.5) is 0 Å². The summed E-state index contributed by atoms with van der Waals surface area (Å²) < 4.78 is 10.3. The standard InChI is InChI=1S/C22H21N3O4/c1-28-19-11-10-16(12-20(19)29-2)22(27)23-14-21(26)25-24-13-17-8-5-7-15-6-3-4-9-18(15)17/h3-13H,14H2,1-2H3,(H,23,27)(H,25,26)/b24-13-. The number of benzene rings is 3. The Balaban J connectivity index is 1.56. The maximum Gasteiger partial charge on any atom is 0.259 e.